The van der Waals surface area contributed by atoms with E-state index in [0.717, 1.165) is 16.5 Å². The first-order valence-corrected chi connectivity index (χ1v) is 9.44. The van der Waals surface area contributed by atoms with Crippen molar-refractivity contribution in [2.45, 2.75) is 5.03 Å². The van der Waals surface area contributed by atoms with Gasteiger partial charge in [0.25, 0.3) is 10.0 Å². The van der Waals surface area contributed by atoms with Crippen LogP contribution in [0.25, 0.3) is 22.0 Å². The van der Waals surface area contributed by atoms with Gasteiger partial charge in [-0.15, -0.1) is 0 Å². The van der Waals surface area contributed by atoms with Crippen LogP contribution in [-0.2, 0) is 10.0 Å². The lowest BCUT2D eigenvalue weighted by molar-refractivity contribution is 0.359. The van der Waals surface area contributed by atoms with E-state index in [2.05, 4.69) is 15.3 Å². The SMILES string of the molecule is O=S(=O)(c1ccc(-c2c[nH]c3cc(F)ccc23)cn1)N1CCNCC1. The molecule has 0 unspecified atom stereocenters. The predicted molar refractivity (Wildman–Crippen MR) is 93.1 cm³/mol. The van der Waals surface area contributed by atoms with E-state index in [1.165, 1.54) is 22.5 Å². The molecule has 2 aromatic heterocycles. The van der Waals surface area contributed by atoms with Gasteiger partial charge in [0.2, 0.25) is 0 Å². The second-order valence-electron chi connectivity index (χ2n) is 5.93. The molecule has 1 aromatic carbocycles. The Morgan fingerprint density at radius 1 is 1.12 bits per heavy atom. The standard InChI is InChI=1S/C17H17FN4O2S/c18-13-2-3-14-15(11-20-16(14)9-13)12-1-4-17(21-10-12)25(23,24)22-7-5-19-6-8-22/h1-4,9-11,19-20H,5-8H2. The van der Waals surface area contributed by atoms with Crippen molar-refractivity contribution < 1.29 is 12.8 Å². The third kappa shape index (κ3) is 2.92. The van der Waals surface area contributed by atoms with Crippen LogP contribution in [0.4, 0.5) is 4.39 Å². The Morgan fingerprint density at radius 3 is 2.64 bits per heavy atom. The second kappa shape index (κ2) is 6.21. The van der Waals surface area contributed by atoms with Crippen LogP contribution in [0, 0.1) is 5.82 Å². The number of hydrogen-bond acceptors (Lipinski definition) is 4. The molecule has 0 radical (unpaired) electrons. The summed E-state index contributed by atoms with van der Waals surface area (Å²) in [6.45, 7) is 2.17. The highest BCUT2D eigenvalue weighted by Gasteiger charge is 2.27. The largest absolute Gasteiger partial charge is 0.360 e. The zero-order chi connectivity index (χ0) is 17.4. The van der Waals surface area contributed by atoms with Crippen LogP contribution in [0.2, 0.25) is 0 Å². The summed E-state index contributed by atoms with van der Waals surface area (Å²) in [6, 6.07) is 7.77. The van der Waals surface area contributed by atoms with Gasteiger partial charge >= 0.3 is 0 Å². The quantitative estimate of drug-likeness (QED) is 0.749. The molecule has 0 aliphatic carbocycles. The average molecular weight is 360 g/mol. The third-order valence-corrected chi connectivity index (χ3v) is 6.19. The summed E-state index contributed by atoms with van der Waals surface area (Å²) in [6.07, 6.45) is 3.31. The van der Waals surface area contributed by atoms with Gasteiger partial charge in [-0.2, -0.15) is 4.31 Å². The van der Waals surface area contributed by atoms with E-state index >= 15 is 0 Å². The van der Waals surface area contributed by atoms with E-state index in [-0.39, 0.29) is 10.8 Å². The van der Waals surface area contributed by atoms with E-state index in [1.54, 1.807) is 24.5 Å². The van der Waals surface area contributed by atoms with Gasteiger partial charge in [0.1, 0.15) is 5.82 Å². The van der Waals surface area contributed by atoms with Crippen molar-refractivity contribution in [2.75, 3.05) is 26.2 Å². The Labute approximate surface area is 144 Å². The minimum absolute atomic E-state index is 0.0454. The maximum absolute atomic E-state index is 13.3. The number of benzene rings is 1. The molecule has 3 heterocycles. The fourth-order valence-corrected chi connectivity index (χ4v) is 4.40. The van der Waals surface area contributed by atoms with Gasteiger partial charge in [0.15, 0.2) is 5.03 Å². The van der Waals surface area contributed by atoms with Gasteiger partial charge in [0.05, 0.1) is 0 Å². The molecule has 0 atom stereocenters. The molecule has 3 aromatic rings. The van der Waals surface area contributed by atoms with Gasteiger partial charge in [-0.25, -0.2) is 17.8 Å². The average Bonchev–Trinajstić information content (AvgIpc) is 3.05. The van der Waals surface area contributed by atoms with Crippen molar-refractivity contribution in [3.05, 3.63) is 48.5 Å². The summed E-state index contributed by atoms with van der Waals surface area (Å²) in [7, 11) is -3.57. The van der Waals surface area contributed by atoms with Crippen LogP contribution in [0.5, 0.6) is 0 Å². The molecule has 8 heteroatoms. The summed E-state index contributed by atoms with van der Waals surface area (Å²) in [5.74, 6) is -0.309. The van der Waals surface area contributed by atoms with E-state index in [9.17, 15) is 12.8 Å². The topological polar surface area (TPSA) is 78.1 Å². The van der Waals surface area contributed by atoms with Crippen LogP contribution >= 0.6 is 0 Å². The number of fused-ring (bicyclic) bond motifs is 1. The summed E-state index contributed by atoms with van der Waals surface area (Å²) >= 11 is 0. The minimum atomic E-state index is -3.57. The number of piperazine rings is 1. The molecule has 0 saturated carbocycles. The number of aromatic amines is 1. The highest BCUT2D eigenvalue weighted by molar-refractivity contribution is 7.89. The minimum Gasteiger partial charge on any atom is -0.360 e. The number of nitrogens with one attached hydrogen (secondary N) is 2. The monoisotopic (exact) mass is 360 g/mol. The Morgan fingerprint density at radius 2 is 1.92 bits per heavy atom. The van der Waals surface area contributed by atoms with Gasteiger partial charge in [-0.1, -0.05) is 0 Å². The fourth-order valence-electron chi connectivity index (χ4n) is 3.05. The number of nitrogens with zero attached hydrogens (tertiary/aromatic N) is 2. The molecular weight excluding hydrogens is 343 g/mol. The number of rotatable bonds is 3. The highest BCUT2D eigenvalue weighted by Crippen LogP contribution is 2.29. The zero-order valence-corrected chi connectivity index (χ0v) is 14.2. The van der Waals surface area contributed by atoms with E-state index in [1.807, 2.05) is 0 Å². The molecule has 0 spiro atoms. The molecule has 2 N–H and O–H groups in total. The van der Waals surface area contributed by atoms with Gasteiger partial charge in [0, 0.05) is 60.6 Å². The van der Waals surface area contributed by atoms with Gasteiger partial charge in [-0.3, -0.25) is 0 Å². The molecule has 0 amide bonds. The second-order valence-corrected chi connectivity index (χ2v) is 7.82. The predicted octanol–water partition coefficient (Wildman–Crippen LogP) is 1.96. The van der Waals surface area contributed by atoms with Crippen LogP contribution in [-0.4, -0.2) is 48.9 Å². The molecule has 1 aliphatic rings. The first-order chi connectivity index (χ1) is 12.1. The number of sulfonamides is 1. The van der Waals surface area contributed by atoms with Gasteiger partial charge in [-0.05, 0) is 30.3 Å². The number of halogens is 1. The molecule has 130 valence electrons. The number of pyridine rings is 1. The summed E-state index contributed by atoms with van der Waals surface area (Å²) in [5.41, 5.74) is 2.32. The maximum Gasteiger partial charge on any atom is 0.260 e. The van der Waals surface area contributed by atoms with Crippen LogP contribution in [0.3, 0.4) is 0 Å². The zero-order valence-electron chi connectivity index (χ0n) is 13.4. The maximum atomic E-state index is 13.3. The first kappa shape index (κ1) is 16.2. The molecular formula is C17H17FN4O2S. The normalized spacial score (nSPS) is 16.4. The van der Waals surface area contributed by atoms with Crippen molar-refractivity contribution in [2.24, 2.45) is 0 Å². The molecule has 6 nitrogen and oxygen atoms in total. The molecule has 1 saturated heterocycles. The van der Waals surface area contributed by atoms with E-state index < -0.39 is 10.0 Å². The van der Waals surface area contributed by atoms with Crippen molar-refractivity contribution >= 4 is 20.9 Å². The molecule has 4 rings (SSSR count). The Balaban J connectivity index is 1.67. The van der Waals surface area contributed by atoms with Crippen LogP contribution in [0.15, 0.2) is 47.8 Å². The number of H-pyrrole nitrogens is 1. The summed E-state index contributed by atoms with van der Waals surface area (Å²) < 4.78 is 40.0. The summed E-state index contributed by atoms with van der Waals surface area (Å²) in [4.78, 5) is 7.19. The summed E-state index contributed by atoms with van der Waals surface area (Å²) in [5, 5.41) is 4.04. The highest BCUT2D eigenvalue weighted by atomic mass is 32.2. The molecule has 1 fully saturated rings. The van der Waals surface area contributed by atoms with Crippen LogP contribution in [0.1, 0.15) is 0 Å². The molecule has 25 heavy (non-hydrogen) atoms. The molecule has 1 aliphatic heterocycles. The smallest absolute Gasteiger partial charge is 0.260 e. The number of aromatic nitrogens is 2. The van der Waals surface area contributed by atoms with E-state index in [0.29, 0.717) is 31.7 Å². The Hall–Kier alpha value is -2.29. The van der Waals surface area contributed by atoms with E-state index in [4.69, 9.17) is 0 Å². The number of hydrogen-bond donors (Lipinski definition) is 2. The van der Waals surface area contributed by atoms with Crippen molar-refractivity contribution in [1.82, 2.24) is 19.6 Å². The lowest BCUT2D eigenvalue weighted by Crippen LogP contribution is -2.46. The lowest BCUT2D eigenvalue weighted by atomic mass is 10.1. The lowest BCUT2D eigenvalue weighted by Gasteiger charge is -2.26. The molecule has 0 bridgehead atoms. The fraction of sp³-hybridized carbons (Fsp3) is 0.235. The van der Waals surface area contributed by atoms with Gasteiger partial charge < -0.3 is 10.3 Å². The van der Waals surface area contributed by atoms with Crippen molar-refractivity contribution in [1.29, 1.82) is 0 Å². The Kier molecular flexibility index (Phi) is 4.03. The van der Waals surface area contributed by atoms with Crippen molar-refractivity contribution in [3.8, 4) is 11.1 Å². The Bertz CT molecular complexity index is 1010. The third-order valence-electron chi connectivity index (χ3n) is 4.37. The van der Waals surface area contributed by atoms with Crippen molar-refractivity contribution in [3.63, 3.8) is 0 Å². The van der Waals surface area contributed by atoms with Crippen LogP contribution < -0.4 is 5.32 Å². The first-order valence-electron chi connectivity index (χ1n) is 8.00.